The first kappa shape index (κ1) is 28.3. The first-order chi connectivity index (χ1) is 20.6. The van der Waals surface area contributed by atoms with E-state index in [1.807, 2.05) is 6.08 Å². The van der Waals surface area contributed by atoms with Gasteiger partial charge in [-0.25, -0.2) is 4.39 Å². The summed E-state index contributed by atoms with van der Waals surface area (Å²) < 4.78 is 27.9. The number of ether oxygens (including phenoxy) is 2. The second kappa shape index (κ2) is 12.6. The fourth-order valence-corrected chi connectivity index (χ4v) is 6.44. The van der Waals surface area contributed by atoms with Crippen molar-refractivity contribution >= 4 is 28.2 Å². The van der Waals surface area contributed by atoms with Gasteiger partial charge in [-0.05, 0) is 67.5 Å². The summed E-state index contributed by atoms with van der Waals surface area (Å²) in [4.78, 5) is 4.82. The summed E-state index contributed by atoms with van der Waals surface area (Å²) in [6.07, 6.45) is 15.3. The van der Waals surface area contributed by atoms with Crippen LogP contribution in [0.15, 0.2) is 96.4 Å². The van der Waals surface area contributed by atoms with Crippen molar-refractivity contribution in [1.29, 1.82) is 0 Å². The molecule has 42 heavy (non-hydrogen) atoms. The minimum atomic E-state index is -0.959. The molecule has 1 atom stereocenters. The second-order valence-electron chi connectivity index (χ2n) is 11.3. The molecule has 2 heterocycles. The van der Waals surface area contributed by atoms with Crippen LogP contribution >= 0.6 is 0 Å². The summed E-state index contributed by atoms with van der Waals surface area (Å²) in [5.41, 5.74) is 4.26. The van der Waals surface area contributed by atoms with Gasteiger partial charge in [0.2, 0.25) is 0 Å². The average Bonchev–Trinajstić information content (AvgIpc) is 3.02. The number of anilines is 2. The minimum Gasteiger partial charge on any atom is -0.473 e. The van der Waals surface area contributed by atoms with E-state index in [0.717, 1.165) is 85.4 Å². The van der Waals surface area contributed by atoms with Crippen molar-refractivity contribution in [2.45, 2.75) is 45.1 Å². The Balaban J connectivity index is 1.50. The van der Waals surface area contributed by atoms with E-state index in [-0.39, 0.29) is 5.83 Å². The van der Waals surface area contributed by atoms with Crippen molar-refractivity contribution in [2.24, 2.45) is 0 Å². The number of rotatable bonds is 8. The van der Waals surface area contributed by atoms with Gasteiger partial charge in [0.25, 0.3) is 0 Å². The molecule has 0 saturated carbocycles. The van der Waals surface area contributed by atoms with Gasteiger partial charge in [0.15, 0.2) is 5.60 Å². The van der Waals surface area contributed by atoms with Crippen LogP contribution in [0.4, 0.5) is 15.8 Å². The molecule has 1 aliphatic carbocycles. The zero-order valence-electron chi connectivity index (χ0n) is 24.8. The van der Waals surface area contributed by atoms with Crippen LogP contribution in [0.3, 0.4) is 0 Å². The van der Waals surface area contributed by atoms with Gasteiger partial charge >= 0.3 is 0 Å². The van der Waals surface area contributed by atoms with E-state index in [1.54, 1.807) is 12.2 Å². The third kappa shape index (κ3) is 5.50. The Morgan fingerprint density at radius 3 is 2.38 bits per heavy atom. The van der Waals surface area contributed by atoms with Gasteiger partial charge in [0, 0.05) is 65.7 Å². The number of hydrogen-bond acceptors (Lipinski definition) is 4. The standard InChI is InChI=1S/C37H41FN2O2/c1-3-20-39(21-4-2)31-16-14-28(15-17-31)37(29-10-6-5-7-11-30(38)26-29)19-18-34-32-12-8-9-13-33(32)35(27-36(34)42-37)40-22-24-41-25-23-40/h7-19,26-27H,3-6,20-25H2,1-2H3/b11-7+,29-10+,30-26+. The fraction of sp³-hybridized carbons (Fsp3) is 0.351. The maximum atomic E-state index is 15.1. The van der Waals surface area contributed by atoms with Crippen LogP contribution in [0, 0.1) is 0 Å². The highest BCUT2D eigenvalue weighted by Gasteiger charge is 2.39. The molecule has 1 unspecified atom stereocenters. The highest BCUT2D eigenvalue weighted by atomic mass is 19.1. The fourth-order valence-electron chi connectivity index (χ4n) is 6.44. The number of morpholine rings is 1. The molecule has 3 aromatic carbocycles. The first-order valence-corrected chi connectivity index (χ1v) is 15.5. The average molecular weight is 565 g/mol. The van der Waals surface area contributed by atoms with Gasteiger partial charge in [0.1, 0.15) is 11.6 Å². The van der Waals surface area contributed by atoms with Crippen LogP contribution in [0.2, 0.25) is 0 Å². The summed E-state index contributed by atoms with van der Waals surface area (Å²) in [6, 6.07) is 19.4. The smallest absolute Gasteiger partial charge is 0.177 e. The Morgan fingerprint density at radius 2 is 1.64 bits per heavy atom. The van der Waals surface area contributed by atoms with Crippen molar-refractivity contribution < 1.29 is 13.9 Å². The predicted molar refractivity (Wildman–Crippen MR) is 173 cm³/mol. The molecular formula is C37H41FN2O2. The monoisotopic (exact) mass is 564 g/mol. The molecule has 0 N–H and O–H groups in total. The molecule has 1 fully saturated rings. The van der Waals surface area contributed by atoms with Gasteiger partial charge in [-0.2, -0.15) is 0 Å². The molecule has 0 radical (unpaired) electrons. The van der Waals surface area contributed by atoms with E-state index >= 15 is 4.39 Å². The molecule has 0 bridgehead atoms. The van der Waals surface area contributed by atoms with Crippen molar-refractivity contribution in [3.63, 3.8) is 0 Å². The van der Waals surface area contributed by atoms with Crippen LogP contribution in [0.1, 0.15) is 50.7 Å². The molecule has 3 aliphatic rings. The Kier molecular flexibility index (Phi) is 8.48. The van der Waals surface area contributed by atoms with Gasteiger partial charge in [-0.1, -0.05) is 62.4 Å². The third-order valence-corrected chi connectivity index (χ3v) is 8.48. The molecule has 5 heteroatoms. The number of hydrogen-bond donors (Lipinski definition) is 0. The maximum Gasteiger partial charge on any atom is 0.177 e. The number of benzene rings is 3. The Hall–Kier alpha value is -3.83. The van der Waals surface area contributed by atoms with Gasteiger partial charge in [-0.3, -0.25) is 0 Å². The lowest BCUT2D eigenvalue weighted by Crippen LogP contribution is -2.37. The lowest BCUT2D eigenvalue weighted by Gasteiger charge is -2.39. The van der Waals surface area contributed by atoms with E-state index in [4.69, 9.17) is 9.47 Å². The summed E-state index contributed by atoms with van der Waals surface area (Å²) in [5.74, 6) is 0.553. The molecule has 4 nitrogen and oxygen atoms in total. The van der Waals surface area contributed by atoms with Crippen LogP contribution in [-0.4, -0.2) is 39.4 Å². The lowest BCUT2D eigenvalue weighted by molar-refractivity contribution is 0.122. The van der Waals surface area contributed by atoms with Crippen LogP contribution in [-0.2, 0) is 10.3 Å². The molecule has 3 aromatic rings. The van der Waals surface area contributed by atoms with Crippen LogP contribution < -0.4 is 14.5 Å². The second-order valence-corrected chi connectivity index (χ2v) is 11.3. The summed E-state index contributed by atoms with van der Waals surface area (Å²) in [6.45, 7) is 9.56. The highest BCUT2D eigenvalue weighted by Crippen LogP contribution is 2.48. The topological polar surface area (TPSA) is 24.9 Å². The number of fused-ring (bicyclic) bond motifs is 3. The highest BCUT2D eigenvalue weighted by molar-refractivity contribution is 6.02. The van der Waals surface area contributed by atoms with E-state index in [1.165, 1.54) is 11.1 Å². The number of nitrogens with zero attached hydrogens (tertiary/aromatic N) is 2. The Bertz CT molecular complexity index is 1530. The molecular weight excluding hydrogens is 523 g/mol. The zero-order valence-corrected chi connectivity index (χ0v) is 24.8. The molecule has 6 rings (SSSR count). The quantitative estimate of drug-likeness (QED) is 0.273. The van der Waals surface area contributed by atoms with Gasteiger partial charge < -0.3 is 19.3 Å². The lowest BCUT2D eigenvalue weighted by atomic mass is 9.81. The van der Waals surface area contributed by atoms with Crippen molar-refractivity contribution in [1.82, 2.24) is 0 Å². The predicted octanol–water partition coefficient (Wildman–Crippen LogP) is 8.73. The van der Waals surface area contributed by atoms with Crippen LogP contribution in [0.5, 0.6) is 5.75 Å². The van der Waals surface area contributed by atoms with Crippen molar-refractivity contribution in [3.05, 3.63) is 108 Å². The third-order valence-electron chi connectivity index (χ3n) is 8.48. The zero-order chi connectivity index (χ0) is 28.9. The first-order valence-electron chi connectivity index (χ1n) is 15.5. The molecule has 2 aliphatic heterocycles. The van der Waals surface area contributed by atoms with Crippen molar-refractivity contribution in [2.75, 3.05) is 49.2 Å². The largest absolute Gasteiger partial charge is 0.473 e. The molecule has 0 spiro atoms. The summed E-state index contributed by atoms with van der Waals surface area (Å²) in [5, 5.41) is 2.36. The molecule has 1 saturated heterocycles. The van der Waals surface area contributed by atoms with Gasteiger partial charge in [0.05, 0.1) is 13.2 Å². The van der Waals surface area contributed by atoms with E-state index in [9.17, 15) is 0 Å². The SMILES string of the molecule is CCCN(CCC)c1ccc(C2(C3=C/CC/C=C/C(F)=C\3)C=Cc3c(cc(N4CCOCC4)c4ccccc34)O2)cc1. The maximum absolute atomic E-state index is 15.1. The summed E-state index contributed by atoms with van der Waals surface area (Å²) in [7, 11) is 0. The molecule has 0 amide bonds. The van der Waals surface area contributed by atoms with Crippen molar-refractivity contribution in [3.8, 4) is 5.75 Å². The normalized spacial score (nSPS) is 23.5. The molecule has 0 aromatic heterocycles. The number of allylic oxidation sites excluding steroid dienone is 4. The van der Waals surface area contributed by atoms with E-state index in [0.29, 0.717) is 13.2 Å². The minimum absolute atomic E-state index is 0.260. The van der Waals surface area contributed by atoms with E-state index in [2.05, 4.69) is 96.5 Å². The van der Waals surface area contributed by atoms with Crippen LogP contribution in [0.25, 0.3) is 16.8 Å². The number of halogens is 1. The summed E-state index contributed by atoms with van der Waals surface area (Å²) >= 11 is 0. The molecule has 218 valence electrons. The Morgan fingerprint density at radius 1 is 0.905 bits per heavy atom. The Labute approximate surface area is 249 Å². The van der Waals surface area contributed by atoms with Gasteiger partial charge in [-0.15, -0.1) is 0 Å². The van der Waals surface area contributed by atoms with E-state index < -0.39 is 5.60 Å².